The molecule has 0 spiro atoms. The first-order chi connectivity index (χ1) is 39.3. The van der Waals surface area contributed by atoms with Gasteiger partial charge < -0.3 is 58.5 Å². The van der Waals surface area contributed by atoms with Crippen molar-refractivity contribution in [2.75, 3.05) is 41.5 Å². The molecule has 0 saturated carbocycles. The minimum atomic E-state index is -1.34. The van der Waals surface area contributed by atoms with E-state index in [0.29, 0.717) is 45.3 Å². The van der Waals surface area contributed by atoms with Crippen molar-refractivity contribution in [1.82, 2.24) is 21.3 Å². The minimum absolute atomic E-state index is 0.0108. The number of benzene rings is 1. The normalized spacial score (nSPS) is 19.3. The summed E-state index contributed by atoms with van der Waals surface area (Å²) in [5.74, 6) is 3.26. The fourth-order valence-corrected chi connectivity index (χ4v) is 8.40. The molecular formula is C59H70N4O20. The molecule has 6 heterocycles. The first kappa shape index (κ1) is 69.8. The van der Waals surface area contributed by atoms with Crippen LogP contribution in [0.4, 0.5) is 0 Å². The van der Waals surface area contributed by atoms with Gasteiger partial charge in [0, 0.05) is 37.5 Å². The van der Waals surface area contributed by atoms with Crippen LogP contribution in [0, 0.1) is 32.6 Å². The van der Waals surface area contributed by atoms with E-state index in [2.05, 4.69) is 49.8 Å². The Hall–Kier alpha value is -9.26. The molecule has 4 amide bonds. The fourth-order valence-electron chi connectivity index (χ4n) is 8.40. The number of fused-ring (bicyclic) bond motifs is 4. The molecule has 1 aromatic carbocycles. The van der Waals surface area contributed by atoms with E-state index in [0.717, 1.165) is 34.2 Å². The van der Waals surface area contributed by atoms with Crippen LogP contribution in [0.1, 0.15) is 94.8 Å². The topological polar surface area (TPSA) is 335 Å². The van der Waals surface area contributed by atoms with Gasteiger partial charge in [-0.05, 0) is 121 Å². The number of hydrogen-bond donors (Lipinski definition) is 4. The van der Waals surface area contributed by atoms with E-state index in [4.69, 9.17) is 47.0 Å². The van der Waals surface area contributed by atoms with E-state index in [-0.39, 0.29) is 66.5 Å². The third-order valence-electron chi connectivity index (χ3n) is 12.8. The molecule has 4 bridgehead atoms. The van der Waals surface area contributed by atoms with Gasteiger partial charge in [-0.1, -0.05) is 35.9 Å². The summed E-state index contributed by atoms with van der Waals surface area (Å²) in [6.45, 7) is 14.5. The summed E-state index contributed by atoms with van der Waals surface area (Å²) < 4.78 is 41.0. The van der Waals surface area contributed by atoms with Crippen molar-refractivity contribution in [3.63, 3.8) is 0 Å². The van der Waals surface area contributed by atoms with Crippen LogP contribution in [0.5, 0.6) is 0 Å². The van der Waals surface area contributed by atoms with Crippen LogP contribution in [0.25, 0.3) is 0 Å². The number of carbonyl (C=O) groups excluding carboxylic acids is 12. The molecule has 0 aliphatic carbocycles. The molecule has 3 aromatic rings. The van der Waals surface area contributed by atoms with Gasteiger partial charge in [0.25, 0.3) is 0 Å². The zero-order chi connectivity index (χ0) is 62.4. The van der Waals surface area contributed by atoms with Crippen LogP contribution in [0.15, 0.2) is 110 Å². The Morgan fingerprint density at radius 3 is 1.22 bits per heavy atom. The maximum Gasteiger partial charge on any atom is 0.384 e. The SMILES string of the molecule is COC(=O)C#CC(=O)OC.COC(=O)C1=C(C(=O)OC)C2(CNC(=O)CCCC(=O)NCC34C=CC(C)(O3)C(C)=C4C)C=CC1(C)O2.Cc1ccc(CNC(=O)CCCC(=O)NCc2ccc(C)o2)o1.Cc1ccccc1.O=C=O.O=C=O. The number of furan rings is 2. The number of rotatable bonds is 18. The Balaban J connectivity index is 0.000000430. The number of ether oxygens (including phenoxy) is 6. The molecule has 24 nitrogen and oxygen atoms in total. The second kappa shape index (κ2) is 34.1. The van der Waals surface area contributed by atoms with Gasteiger partial charge in [0.1, 0.15) is 45.4 Å². The second-order valence-electron chi connectivity index (χ2n) is 18.7. The van der Waals surface area contributed by atoms with Gasteiger partial charge in [0.15, 0.2) is 0 Å². The van der Waals surface area contributed by atoms with Crippen molar-refractivity contribution in [3.8, 4) is 11.8 Å². The molecular weight excluding hydrogens is 1080 g/mol. The van der Waals surface area contributed by atoms with Crippen molar-refractivity contribution in [3.05, 3.63) is 130 Å². The van der Waals surface area contributed by atoms with Gasteiger partial charge in [-0.25, -0.2) is 19.2 Å². The number of carbonyl (C=O) groups is 8. The van der Waals surface area contributed by atoms with Gasteiger partial charge in [0.2, 0.25) is 23.6 Å². The molecule has 4 aliphatic rings. The summed E-state index contributed by atoms with van der Waals surface area (Å²) in [6.07, 6.45) is 9.57. The highest BCUT2D eigenvalue weighted by molar-refractivity contribution is 6.06. The Bertz CT molecular complexity index is 2950. The van der Waals surface area contributed by atoms with Gasteiger partial charge in [-0.2, -0.15) is 19.2 Å². The summed E-state index contributed by atoms with van der Waals surface area (Å²) in [5, 5.41) is 11.2. The number of esters is 4. The van der Waals surface area contributed by atoms with Crippen LogP contribution < -0.4 is 21.3 Å². The summed E-state index contributed by atoms with van der Waals surface area (Å²) in [6, 6.07) is 17.6. The number of aryl methyl sites for hydroxylation is 3. The Morgan fingerprint density at radius 2 is 0.855 bits per heavy atom. The van der Waals surface area contributed by atoms with Crippen molar-refractivity contribution in [1.29, 1.82) is 0 Å². The van der Waals surface area contributed by atoms with Crippen molar-refractivity contribution < 1.29 is 94.8 Å². The Morgan fingerprint density at radius 1 is 0.470 bits per heavy atom. The summed E-state index contributed by atoms with van der Waals surface area (Å²) in [5.41, 5.74) is 0.126. The van der Waals surface area contributed by atoms with E-state index in [9.17, 15) is 38.4 Å². The molecule has 4 atom stereocenters. The highest BCUT2D eigenvalue weighted by atomic mass is 16.6. The molecule has 0 radical (unpaired) electrons. The maximum atomic E-state index is 12.6. The average Bonchev–Trinajstić information content (AvgIpc) is 4.18. The van der Waals surface area contributed by atoms with Gasteiger partial charge in [0.05, 0.1) is 65.8 Å². The van der Waals surface area contributed by atoms with Gasteiger partial charge in [-0.3, -0.25) is 19.2 Å². The van der Waals surface area contributed by atoms with Crippen molar-refractivity contribution in [2.45, 2.75) is 122 Å². The van der Waals surface area contributed by atoms with E-state index >= 15 is 0 Å². The van der Waals surface area contributed by atoms with Gasteiger partial charge >= 0.3 is 36.2 Å². The Labute approximate surface area is 480 Å². The standard InChI is InChI=1S/C27H34N2O8.C17H22N2O4.C7H8.C6H6O4.2CO2/c1-16-17(2)26(12-10-24(16,3)36-26)14-28-18(30)8-7-9-19(31)29-15-27-13-11-25(4,37-27)20(22(32)34-5)21(27)23(33)35-6;1-12-6-8-14(22-12)10-18-16(20)4-3-5-17(21)19-11-15-9-7-13(2)23-15;1-7-5-3-2-4-6-7;1-9-5(7)3-4-6(8)10-2;2*2-1-3/h10-13H,7-9,14-15H2,1-6H3,(H,28,30)(H,29,31);6-9H,3-5,10-11H2,1-2H3,(H,18,20)(H,19,21);2-6H,1H3;1-2H3;;. The molecule has 446 valence electrons. The van der Waals surface area contributed by atoms with Crippen LogP contribution >= 0.6 is 0 Å². The lowest BCUT2D eigenvalue weighted by Gasteiger charge is -2.26. The van der Waals surface area contributed by atoms with Crippen LogP contribution in [-0.2, 0) is 99.0 Å². The predicted molar refractivity (Wildman–Crippen MR) is 289 cm³/mol. The number of methoxy groups -OCH3 is 4. The van der Waals surface area contributed by atoms with Crippen LogP contribution in [-0.4, -0.2) is 124 Å². The monoisotopic (exact) mass is 1150 g/mol. The summed E-state index contributed by atoms with van der Waals surface area (Å²) >= 11 is 0. The molecule has 83 heavy (non-hydrogen) atoms. The molecule has 2 aromatic heterocycles. The molecule has 4 N–H and O–H groups in total. The predicted octanol–water partition coefficient (Wildman–Crippen LogP) is 4.32. The molecule has 4 unspecified atom stereocenters. The molecule has 24 heteroatoms. The summed E-state index contributed by atoms with van der Waals surface area (Å²) in [4.78, 5) is 126. The third-order valence-corrected chi connectivity index (χ3v) is 12.8. The smallest absolute Gasteiger partial charge is 0.384 e. The van der Waals surface area contributed by atoms with E-state index in [1.165, 1.54) is 34.0 Å². The fraction of sp³-hybridized carbons (Fsp3) is 0.424. The van der Waals surface area contributed by atoms with Gasteiger partial charge in [-0.15, -0.1) is 0 Å². The number of hydrogen-bond acceptors (Lipinski definition) is 20. The first-order valence-electron chi connectivity index (χ1n) is 25.6. The highest BCUT2D eigenvalue weighted by Gasteiger charge is 2.60. The van der Waals surface area contributed by atoms with Crippen LogP contribution in [0.2, 0.25) is 0 Å². The van der Waals surface area contributed by atoms with Crippen molar-refractivity contribution >= 4 is 59.8 Å². The zero-order valence-corrected chi connectivity index (χ0v) is 48.2. The lowest BCUT2D eigenvalue weighted by atomic mass is 9.82. The zero-order valence-electron chi connectivity index (χ0n) is 48.2. The molecule has 0 saturated heterocycles. The minimum Gasteiger partial charge on any atom is -0.466 e. The Kier molecular flexibility index (Phi) is 28.7. The molecule has 0 fully saturated rings. The highest BCUT2D eigenvalue weighted by Crippen LogP contribution is 2.51. The largest absolute Gasteiger partial charge is 0.466 e. The quantitative estimate of drug-likeness (QED) is 0.0453. The number of amides is 4. The third kappa shape index (κ3) is 21.6. The van der Waals surface area contributed by atoms with Crippen LogP contribution in [0.3, 0.4) is 0 Å². The van der Waals surface area contributed by atoms with E-state index in [1.54, 1.807) is 19.1 Å². The van der Waals surface area contributed by atoms with Crippen molar-refractivity contribution in [2.24, 2.45) is 0 Å². The first-order valence-corrected chi connectivity index (χ1v) is 25.6. The summed E-state index contributed by atoms with van der Waals surface area (Å²) in [7, 11) is 4.77. The average molecular weight is 1160 g/mol. The molecule has 7 rings (SSSR count). The maximum absolute atomic E-state index is 12.6. The lowest BCUT2D eigenvalue weighted by Crippen LogP contribution is -2.44. The lowest BCUT2D eigenvalue weighted by molar-refractivity contribution is -0.193. The molecule has 4 aliphatic heterocycles. The number of nitrogens with one attached hydrogen (secondary N) is 4. The second-order valence-corrected chi connectivity index (χ2v) is 18.7. The van der Waals surface area contributed by atoms with E-state index in [1.807, 2.05) is 101 Å². The van der Waals surface area contributed by atoms with E-state index < -0.39 is 46.3 Å².